The number of carbonyl (C=O) groups is 1. The molecule has 0 aromatic carbocycles. The van der Waals surface area contributed by atoms with Crippen molar-refractivity contribution in [1.82, 2.24) is 4.98 Å². The van der Waals surface area contributed by atoms with E-state index in [9.17, 15) is 4.79 Å². The fraction of sp³-hybridized carbons (Fsp3) is 0.250. The molecule has 0 saturated carbocycles. The van der Waals surface area contributed by atoms with E-state index in [1.807, 2.05) is 0 Å². The molecule has 1 aromatic rings. The predicted molar refractivity (Wildman–Crippen MR) is 51.4 cm³/mol. The highest BCUT2D eigenvalue weighted by molar-refractivity contribution is 5.87. The molecule has 0 aliphatic carbocycles. The van der Waals surface area contributed by atoms with Crippen molar-refractivity contribution in [2.45, 2.75) is 0 Å². The summed E-state index contributed by atoms with van der Waals surface area (Å²) in [5, 5.41) is 0. The van der Waals surface area contributed by atoms with Gasteiger partial charge >= 0.3 is 0 Å². The van der Waals surface area contributed by atoms with Crippen LogP contribution in [-0.4, -0.2) is 25.5 Å². The molecule has 72 valence electrons. The van der Waals surface area contributed by atoms with Gasteiger partial charge < -0.3 is 16.2 Å². The highest BCUT2D eigenvalue weighted by atomic mass is 16.4. The molecule has 0 atom stereocenters. The number of pyridine rings is 1. The van der Waals surface area contributed by atoms with Gasteiger partial charge in [-0.3, -0.25) is 9.78 Å². The Labute approximate surface area is 76.7 Å². The molecule has 0 unspecified atom stereocenters. The average molecular weight is 183 g/mol. The van der Waals surface area contributed by atoms with E-state index in [0.29, 0.717) is 23.2 Å². The minimum atomic E-state index is 0.296. The first-order chi connectivity index (χ1) is 6.17. The first-order valence-electron chi connectivity index (χ1n) is 3.51. The summed E-state index contributed by atoms with van der Waals surface area (Å²) in [7, 11) is 3.25. The third kappa shape index (κ3) is 3.53. The maximum atomic E-state index is 10.2. The van der Waals surface area contributed by atoms with Crippen LogP contribution in [0.25, 0.3) is 0 Å². The van der Waals surface area contributed by atoms with Gasteiger partial charge in [-0.15, -0.1) is 0 Å². The van der Waals surface area contributed by atoms with Gasteiger partial charge in [-0.25, -0.2) is 0 Å². The van der Waals surface area contributed by atoms with Crippen molar-refractivity contribution in [3.05, 3.63) is 18.0 Å². The molecule has 1 heterocycles. The van der Waals surface area contributed by atoms with Gasteiger partial charge in [0.15, 0.2) is 6.29 Å². The van der Waals surface area contributed by atoms with Crippen LogP contribution in [0.2, 0.25) is 0 Å². The number of rotatable bonds is 1. The summed E-state index contributed by atoms with van der Waals surface area (Å²) >= 11 is 0. The highest BCUT2D eigenvalue weighted by Gasteiger charge is 1.99. The maximum Gasteiger partial charge on any atom is 0.153 e. The number of nitrogen functional groups attached to an aromatic ring is 2. The Morgan fingerprint density at radius 1 is 1.38 bits per heavy atom. The minimum Gasteiger partial charge on any atom is -0.396 e. The number of anilines is 2. The van der Waals surface area contributed by atoms with Gasteiger partial charge in [0.25, 0.3) is 0 Å². The van der Waals surface area contributed by atoms with Crippen molar-refractivity contribution in [2.75, 3.05) is 25.7 Å². The average Bonchev–Trinajstić information content (AvgIpc) is 2.11. The SMILES string of the molecule is COC.Nc1cncc(C=O)c1N. The van der Waals surface area contributed by atoms with Crippen LogP contribution in [0.15, 0.2) is 12.4 Å². The molecule has 1 rings (SSSR count). The monoisotopic (exact) mass is 183 g/mol. The number of hydrogen-bond donors (Lipinski definition) is 2. The Hall–Kier alpha value is -1.62. The number of methoxy groups -OCH3 is 1. The lowest BCUT2D eigenvalue weighted by atomic mass is 10.2. The van der Waals surface area contributed by atoms with Gasteiger partial charge in [0.1, 0.15) is 0 Å². The first kappa shape index (κ1) is 11.4. The molecule has 0 fully saturated rings. The first-order valence-corrected chi connectivity index (χ1v) is 3.51. The Kier molecular flexibility index (Phi) is 5.22. The van der Waals surface area contributed by atoms with E-state index in [-0.39, 0.29) is 0 Å². The number of ether oxygens (including phenoxy) is 1. The van der Waals surface area contributed by atoms with Crippen LogP contribution in [-0.2, 0) is 4.74 Å². The molecule has 0 bridgehead atoms. The van der Waals surface area contributed by atoms with Gasteiger partial charge in [-0.1, -0.05) is 0 Å². The van der Waals surface area contributed by atoms with E-state index in [4.69, 9.17) is 11.5 Å². The molecule has 0 aliphatic rings. The third-order valence-corrected chi connectivity index (χ3v) is 1.18. The van der Waals surface area contributed by atoms with Gasteiger partial charge in [0, 0.05) is 20.4 Å². The quantitative estimate of drug-likeness (QED) is 0.612. The molecule has 4 N–H and O–H groups in total. The summed E-state index contributed by atoms with van der Waals surface area (Å²) in [5.41, 5.74) is 11.7. The van der Waals surface area contributed by atoms with Gasteiger partial charge in [0.2, 0.25) is 0 Å². The van der Waals surface area contributed by atoms with Crippen LogP contribution < -0.4 is 11.5 Å². The van der Waals surface area contributed by atoms with Crippen molar-refractivity contribution in [2.24, 2.45) is 0 Å². The zero-order valence-corrected chi connectivity index (χ0v) is 7.65. The lowest BCUT2D eigenvalue weighted by Gasteiger charge is -1.98. The summed E-state index contributed by atoms with van der Waals surface area (Å²) in [6, 6.07) is 0. The van der Waals surface area contributed by atoms with E-state index in [2.05, 4.69) is 9.72 Å². The standard InChI is InChI=1S/C6H7N3O.C2H6O/c7-5-2-9-1-4(3-10)6(5)8;1-3-2/h1-3H,7H2,(H2,8,9);1-2H3. The molecule has 0 saturated heterocycles. The second kappa shape index (κ2) is 5.96. The summed E-state index contributed by atoms with van der Waals surface area (Å²) in [6.45, 7) is 0. The number of nitrogens with zero attached hydrogens (tertiary/aromatic N) is 1. The fourth-order valence-corrected chi connectivity index (χ4v) is 0.598. The lowest BCUT2D eigenvalue weighted by Crippen LogP contribution is -1.99. The Balaban J connectivity index is 0.000000424. The fourth-order valence-electron chi connectivity index (χ4n) is 0.598. The number of nitrogens with two attached hydrogens (primary N) is 2. The van der Waals surface area contributed by atoms with Crippen molar-refractivity contribution in [3.8, 4) is 0 Å². The smallest absolute Gasteiger partial charge is 0.153 e. The molecular formula is C8H13N3O2. The summed E-state index contributed by atoms with van der Waals surface area (Å²) in [4.78, 5) is 13.9. The van der Waals surface area contributed by atoms with Crippen molar-refractivity contribution >= 4 is 17.7 Å². The van der Waals surface area contributed by atoms with Crippen LogP contribution >= 0.6 is 0 Å². The third-order valence-electron chi connectivity index (χ3n) is 1.18. The number of aldehydes is 1. The van der Waals surface area contributed by atoms with Crippen molar-refractivity contribution in [1.29, 1.82) is 0 Å². The topological polar surface area (TPSA) is 91.2 Å². The zero-order chi connectivity index (χ0) is 10.3. The maximum absolute atomic E-state index is 10.2. The molecule has 13 heavy (non-hydrogen) atoms. The second-order valence-electron chi connectivity index (χ2n) is 2.26. The van der Waals surface area contributed by atoms with Gasteiger partial charge in [-0.05, 0) is 0 Å². The molecule has 0 radical (unpaired) electrons. The highest BCUT2D eigenvalue weighted by Crippen LogP contribution is 2.14. The van der Waals surface area contributed by atoms with E-state index in [1.54, 1.807) is 14.2 Å². The summed E-state index contributed by atoms with van der Waals surface area (Å²) in [6.07, 6.45) is 3.40. The van der Waals surface area contributed by atoms with Crippen molar-refractivity contribution < 1.29 is 9.53 Å². The van der Waals surface area contributed by atoms with E-state index in [0.717, 1.165) is 0 Å². The molecule has 5 heteroatoms. The van der Waals surface area contributed by atoms with Crippen LogP contribution in [0.5, 0.6) is 0 Å². The second-order valence-corrected chi connectivity index (χ2v) is 2.26. The molecular weight excluding hydrogens is 170 g/mol. The number of carbonyl (C=O) groups excluding carboxylic acids is 1. The largest absolute Gasteiger partial charge is 0.396 e. The van der Waals surface area contributed by atoms with Crippen LogP contribution in [0.3, 0.4) is 0 Å². The zero-order valence-electron chi connectivity index (χ0n) is 7.65. The molecule has 5 nitrogen and oxygen atoms in total. The lowest BCUT2D eigenvalue weighted by molar-refractivity contribution is 0.112. The number of aromatic nitrogens is 1. The van der Waals surface area contributed by atoms with Crippen LogP contribution in [0.1, 0.15) is 10.4 Å². The molecule has 1 aromatic heterocycles. The summed E-state index contributed by atoms with van der Waals surface area (Å²) < 4.78 is 4.25. The Morgan fingerprint density at radius 2 is 1.92 bits per heavy atom. The van der Waals surface area contributed by atoms with Gasteiger partial charge in [0.05, 0.1) is 23.1 Å². The summed E-state index contributed by atoms with van der Waals surface area (Å²) in [5.74, 6) is 0. The Bertz CT molecular complexity index is 276. The van der Waals surface area contributed by atoms with Crippen LogP contribution in [0.4, 0.5) is 11.4 Å². The molecule has 0 spiro atoms. The van der Waals surface area contributed by atoms with E-state index in [1.165, 1.54) is 12.4 Å². The van der Waals surface area contributed by atoms with Gasteiger partial charge in [-0.2, -0.15) is 0 Å². The van der Waals surface area contributed by atoms with E-state index < -0.39 is 0 Å². The van der Waals surface area contributed by atoms with Crippen molar-refractivity contribution in [3.63, 3.8) is 0 Å². The normalized spacial score (nSPS) is 8.46. The molecule has 0 amide bonds. The predicted octanol–water partition coefficient (Wildman–Crippen LogP) is 0.321. The minimum absolute atomic E-state index is 0.296. The van der Waals surface area contributed by atoms with Crippen LogP contribution in [0, 0.1) is 0 Å². The van der Waals surface area contributed by atoms with E-state index >= 15 is 0 Å². The Morgan fingerprint density at radius 3 is 2.31 bits per heavy atom. The molecule has 0 aliphatic heterocycles. The number of hydrogen-bond acceptors (Lipinski definition) is 5.